The Morgan fingerprint density at radius 3 is 2.66 bits per heavy atom. The van der Waals surface area contributed by atoms with Crippen molar-refractivity contribution in [3.63, 3.8) is 0 Å². The molecule has 1 aromatic rings. The standard InChI is InChI=1S/C22H32N4O3/c1-16-8-19(10-23-9-16)22(28)24-11-20-14-26(21(27)15-29-20)13-18-4-6-25(7-5-18)12-17-2-3-17/h8-10,17-18,20H,2-7,11-15H2,1H3,(H,24,28). The second kappa shape index (κ2) is 9.22. The molecule has 158 valence electrons. The summed E-state index contributed by atoms with van der Waals surface area (Å²) >= 11 is 0. The molecular formula is C22H32N4O3. The largest absolute Gasteiger partial charge is 0.365 e. The fraction of sp³-hybridized carbons (Fsp3) is 0.682. The minimum absolute atomic E-state index is 0.0656. The van der Waals surface area contributed by atoms with Crippen molar-refractivity contribution in [2.24, 2.45) is 11.8 Å². The number of carbonyl (C=O) groups is 2. The molecule has 3 heterocycles. The Morgan fingerprint density at radius 1 is 1.17 bits per heavy atom. The van der Waals surface area contributed by atoms with Crippen molar-refractivity contribution in [1.29, 1.82) is 0 Å². The van der Waals surface area contributed by atoms with Crippen molar-refractivity contribution in [3.8, 4) is 0 Å². The number of morpholine rings is 1. The van der Waals surface area contributed by atoms with Crippen LogP contribution in [0.25, 0.3) is 0 Å². The van der Waals surface area contributed by atoms with Crippen LogP contribution in [0.4, 0.5) is 0 Å². The van der Waals surface area contributed by atoms with Gasteiger partial charge >= 0.3 is 0 Å². The summed E-state index contributed by atoms with van der Waals surface area (Å²) in [6.07, 6.45) is 8.26. The molecule has 1 saturated carbocycles. The van der Waals surface area contributed by atoms with Crippen molar-refractivity contribution in [2.75, 3.05) is 45.9 Å². The lowest BCUT2D eigenvalue weighted by Gasteiger charge is -2.38. The molecule has 2 aliphatic heterocycles. The van der Waals surface area contributed by atoms with Gasteiger partial charge in [0.25, 0.3) is 5.91 Å². The van der Waals surface area contributed by atoms with Gasteiger partial charge in [0.05, 0.1) is 11.7 Å². The topological polar surface area (TPSA) is 74.8 Å². The first kappa shape index (κ1) is 20.3. The molecule has 7 nitrogen and oxygen atoms in total. The van der Waals surface area contributed by atoms with Crippen LogP contribution in [0.2, 0.25) is 0 Å². The van der Waals surface area contributed by atoms with Crippen LogP contribution in [-0.4, -0.2) is 78.6 Å². The Hall–Kier alpha value is -1.99. The number of hydrogen-bond acceptors (Lipinski definition) is 5. The van der Waals surface area contributed by atoms with Gasteiger partial charge in [0.2, 0.25) is 5.91 Å². The predicted octanol–water partition coefficient (Wildman–Crippen LogP) is 1.47. The summed E-state index contributed by atoms with van der Waals surface area (Å²) < 4.78 is 5.66. The van der Waals surface area contributed by atoms with Crippen LogP contribution in [0.1, 0.15) is 41.6 Å². The number of aryl methyl sites for hydroxylation is 1. The van der Waals surface area contributed by atoms with Crippen LogP contribution in [0.5, 0.6) is 0 Å². The Bertz CT molecular complexity index is 729. The highest BCUT2D eigenvalue weighted by molar-refractivity contribution is 5.94. The van der Waals surface area contributed by atoms with Crippen LogP contribution in [0.3, 0.4) is 0 Å². The van der Waals surface area contributed by atoms with Crippen LogP contribution in [-0.2, 0) is 9.53 Å². The average Bonchev–Trinajstić information content (AvgIpc) is 3.54. The third kappa shape index (κ3) is 5.76. The number of ether oxygens (including phenoxy) is 1. The maximum Gasteiger partial charge on any atom is 0.252 e. The quantitative estimate of drug-likeness (QED) is 0.750. The van der Waals surface area contributed by atoms with Gasteiger partial charge in [-0.25, -0.2) is 0 Å². The van der Waals surface area contributed by atoms with E-state index in [0.717, 1.165) is 31.1 Å². The van der Waals surface area contributed by atoms with E-state index in [1.165, 1.54) is 32.2 Å². The number of nitrogens with one attached hydrogen (secondary N) is 1. The van der Waals surface area contributed by atoms with Crippen LogP contribution in [0, 0.1) is 18.8 Å². The van der Waals surface area contributed by atoms with E-state index in [1.54, 1.807) is 12.4 Å². The second-order valence-electron chi connectivity index (χ2n) is 8.88. The number of piperidine rings is 1. The van der Waals surface area contributed by atoms with Gasteiger partial charge in [-0.2, -0.15) is 0 Å². The van der Waals surface area contributed by atoms with Crippen LogP contribution in [0.15, 0.2) is 18.5 Å². The molecule has 4 rings (SSSR count). The summed E-state index contributed by atoms with van der Waals surface area (Å²) in [4.78, 5) is 33.2. The summed E-state index contributed by atoms with van der Waals surface area (Å²) in [5, 5.41) is 2.92. The maximum atomic E-state index is 12.3. The van der Waals surface area contributed by atoms with Gasteiger partial charge in [-0.05, 0) is 69.2 Å². The normalized spacial score (nSPS) is 24.0. The van der Waals surface area contributed by atoms with Gasteiger partial charge in [-0.15, -0.1) is 0 Å². The van der Waals surface area contributed by atoms with E-state index in [2.05, 4.69) is 15.2 Å². The highest BCUT2D eigenvalue weighted by Gasteiger charge is 2.31. The number of hydrogen-bond donors (Lipinski definition) is 1. The SMILES string of the molecule is Cc1cncc(C(=O)NCC2CN(CC3CCN(CC4CC4)CC3)C(=O)CO2)c1. The molecule has 1 unspecified atom stereocenters. The number of nitrogens with zero attached hydrogens (tertiary/aromatic N) is 3. The Kier molecular flexibility index (Phi) is 6.45. The average molecular weight is 401 g/mol. The second-order valence-corrected chi connectivity index (χ2v) is 8.88. The zero-order chi connectivity index (χ0) is 20.2. The molecule has 1 atom stereocenters. The first-order chi connectivity index (χ1) is 14.1. The monoisotopic (exact) mass is 400 g/mol. The van der Waals surface area contributed by atoms with Crippen molar-refractivity contribution in [1.82, 2.24) is 20.1 Å². The van der Waals surface area contributed by atoms with E-state index in [4.69, 9.17) is 4.74 Å². The minimum atomic E-state index is -0.163. The molecule has 1 N–H and O–H groups in total. The molecular weight excluding hydrogens is 368 g/mol. The zero-order valence-electron chi connectivity index (χ0n) is 17.3. The fourth-order valence-corrected chi connectivity index (χ4v) is 4.30. The highest BCUT2D eigenvalue weighted by atomic mass is 16.5. The molecule has 1 aromatic heterocycles. The first-order valence-electron chi connectivity index (χ1n) is 10.9. The first-order valence-corrected chi connectivity index (χ1v) is 10.9. The van der Waals surface area contributed by atoms with Crippen LogP contribution < -0.4 is 5.32 Å². The smallest absolute Gasteiger partial charge is 0.252 e. The number of amides is 2. The molecule has 0 radical (unpaired) electrons. The number of likely N-dealkylation sites (tertiary alicyclic amines) is 1. The van der Waals surface area contributed by atoms with E-state index < -0.39 is 0 Å². The summed E-state index contributed by atoms with van der Waals surface area (Å²) in [5.41, 5.74) is 1.50. The number of pyridine rings is 1. The molecule has 29 heavy (non-hydrogen) atoms. The predicted molar refractivity (Wildman–Crippen MR) is 110 cm³/mol. The molecule has 1 aliphatic carbocycles. The summed E-state index contributed by atoms with van der Waals surface area (Å²) in [6.45, 7) is 7.35. The number of aromatic nitrogens is 1. The summed E-state index contributed by atoms with van der Waals surface area (Å²) in [5.74, 6) is 1.42. The van der Waals surface area contributed by atoms with Crippen molar-refractivity contribution in [2.45, 2.75) is 38.7 Å². The molecule has 2 amide bonds. The summed E-state index contributed by atoms with van der Waals surface area (Å²) in [6, 6.07) is 1.81. The van der Waals surface area contributed by atoms with E-state index in [9.17, 15) is 9.59 Å². The molecule has 0 bridgehead atoms. The lowest BCUT2D eigenvalue weighted by atomic mass is 9.95. The van der Waals surface area contributed by atoms with Gasteiger partial charge in [0.15, 0.2) is 0 Å². The van der Waals surface area contributed by atoms with Crippen molar-refractivity contribution >= 4 is 11.8 Å². The molecule has 7 heteroatoms. The van der Waals surface area contributed by atoms with Gasteiger partial charge in [0.1, 0.15) is 6.61 Å². The molecule has 3 fully saturated rings. The molecule has 3 aliphatic rings. The summed E-state index contributed by atoms with van der Waals surface area (Å²) in [7, 11) is 0. The number of carbonyl (C=O) groups excluding carboxylic acids is 2. The zero-order valence-corrected chi connectivity index (χ0v) is 17.3. The lowest BCUT2D eigenvalue weighted by Crippen LogP contribution is -2.52. The van der Waals surface area contributed by atoms with Gasteiger partial charge in [0, 0.05) is 38.6 Å². The van der Waals surface area contributed by atoms with E-state index in [1.807, 2.05) is 17.9 Å². The van der Waals surface area contributed by atoms with E-state index in [-0.39, 0.29) is 24.5 Å². The minimum Gasteiger partial charge on any atom is -0.365 e. The maximum absolute atomic E-state index is 12.3. The van der Waals surface area contributed by atoms with E-state index >= 15 is 0 Å². The van der Waals surface area contributed by atoms with Crippen molar-refractivity contribution in [3.05, 3.63) is 29.6 Å². The third-order valence-corrected chi connectivity index (χ3v) is 6.25. The third-order valence-electron chi connectivity index (χ3n) is 6.25. The van der Waals surface area contributed by atoms with Gasteiger partial charge < -0.3 is 19.9 Å². The fourth-order valence-electron chi connectivity index (χ4n) is 4.30. The Balaban J connectivity index is 1.21. The van der Waals surface area contributed by atoms with Gasteiger partial charge in [-0.1, -0.05) is 0 Å². The molecule has 0 aromatic carbocycles. The Labute approximate surface area is 172 Å². The van der Waals surface area contributed by atoms with Gasteiger partial charge in [-0.3, -0.25) is 14.6 Å². The van der Waals surface area contributed by atoms with Crippen molar-refractivity contribution < 1.29 is 14.3 Å². The molecule has 2 saturated heterocycles. The Morgan fingerprint density at radius 2 is 1.93 bits per heavy atom. The lowest BCUT2D eigenvalue weighted by molar-refractivity contribution is -0.149. The van der Waals surface area contributed by atoms with E-state index in [0.29, 0.717) is 24.6 Å². The van der Waals surface area contributed by atoms with Crippen LogP contribution >= 0.6 is 0 Å². The number of rotatable bonds is 7. The molecule has 0 spiro atoms. The highest BCUT2D eigenvalue weighted by Crippen LogP contribution is 2.31.